The minimum atomic E-state index is -0.349. The molecular weight excluding hydrogens is 334 g/mol. The van der Waals surface area contributed by atoms with E-state index in [1.54, 1.807) is 50.6 Å². The van der Waals surface area contributed by atoms with Crippen LogP contribution in [0.15, 0.2) is 43.0 Å². The van der Waals surface area contributed by atoms with Gasteiger partial charge in [0.05, 0.1) is 25.9 Å². The van der Waals surface area contributed by atoms with Crippen molar-refractivity contribution in [1.82, 2.24) is 19.4 Å². The monoisotopic (exact) mass is 359 g/mol. The molecule has 0 bridgehead atoms. The van der Waals surface area contributed by atoms with E-state index in [9.17, 15) is 4.79 Å². The minimum absolute atomic E-state index is 0.0229. The van der Waals surface area contributed by atoms with Gasteiger partial charge in [-0.1, -0.05) is 12.1 Å². The summed E-state index contributed by atoms with van der Waals surface area (Å²) in [6, 6.07) is 7.33. The number of aromatic nitrogens is 2. The van der Waals surface area contributed by atoms with Crippen LogP contribution >= 0.6 is 0 Å². The summed E-state index contributed by atoms with van der Waals surface area (Å²) in [7, 11) is 6.84. The van der Waals surface area contributed by atoms with Crippen LogP contribution in [0.3, 0.4) is 0 Å². The molecule has 8 nitrogen and oxygen atoms in total. The molecule has 1 unspecified atom stereocenters. The molecule has 2 rings (SSSR count). The van der Waals surface area contributed by atoms with Gasteiger partial charge in [-0.05, 0) is 17.7 Å². The summed E-state index contributed by atoms with van der Waals surface area (Å²) in [5.74, 6) is 0.668. The number of rotatable bonds is 7. The molecular formula is C18H25N5O3. The summed E-state index contributed by atoms with van der Waals surface area (Å²) in [6.07, 6.45) is 5.33. The second-order valence-corrected chi connectivity index (χ2v) is 6.06. The molecule has 1 atom stereocenters. The Morgan fingerprint density at radius 3 is 2.50 bits per heavy atom. The number of imidazole rings is 1. The molecule has 2 aromatic rings. The van der Waals surface area contributed by atoms with Gasteiger partial charge in [0.15, 0.2) is 12.7 Å². The number of guanidine groups is 1. The van der Waals surface area contributed by atoms with Crippen LogP contribution in [0, 0.1) is 5.41 Å². The Kier molecular flexibility index (Phi) is 6.60. The zero-order valence-corrected chi connectivity index (χ0v) is 15.5. The van der Waals surface area contributed by atoms with Crippen molar-refractivity contribution in [2.75, 3.05) is 35.0 Å². The number of carbonyl (C=O) groups is 1. The number of esters is 1. The van der Waals surface area contributed by atoms with E-state index in [2.05, 4.69) is 4.98 Å². The number of nitrogens with one attached hydrogen (secondary N) is 1. The normalized spacial score (nSPS) is 11.5. The van der Waals surface area contributed by atoms with Crippen molar-refractivity contribution in [2.45, 2.75) is 12.5 Å². The fourth-order valence-corrected chi connectivity index (χ4v) is 2.46. The number of nitrogens with zero attached hydrogens (tertiary/aromatic N) is 4. The topological polar surface area (TPSA) is 83.7 Å². The van der Waals surface area contributed by atoms with Gasteiger partial charge in [0, 0.05) is 33.5 Å². The minimum Gasteiger partial charge on any atom is -0.497 e. The molecule has 0 aliphatic heterocycles. The Morgan fingerprint density at radius 1 is 1.27 bits per heavy atom. The number of methoxy groups -OCH3 is 1. The predicted molar refractivity (Wildman–Crippen MR) is 98.1 cm³/mol. The lowest BCUT2D eigenvalue weighted by Gasteiger charge is -2.25. The maximum atomic E-state index is 12.4. The van der Waals surface area contributed by atoms with E-state index in [-0.39, 0.29) is 31.1 Å². The second kappa shape index (κ2) is 8.89. The van der Waals surface area contributed by atoms with Crippen molar-refractivity contribution in [3.05, 3.63) is 48.5 Å². The third kappa shape index (κ3) is 4.98. The molecule has 0 aliphatic carbocycles. The van der Waals surface area contributed by atoms with Gasteiger partial charge < -0.3 is 23.8 Å². The Hall–Kier alpha value is -3.03. The highest BCUT2D eigenvalue weighted by atomic mass is 16.5. The van der Waals surface area contributed by atoms with Crippen molar-refractivity contribution >= 4 is 11.9 Å². The highest BCUT2D eigenvalue weighted by Gasteiger charge is 2.19. The smallest absolute Gasteiger partial charge is 0.309 e. The van der Waals surface area contributed by atoms with Gasteiger partial charge in [-0.2, -0.15) is 0 Å². The maximum absolute atomic E-state index is 12.4. The number of hydrogen-bond donors (Lipinski definition) is 1. The van der Waals surface area contributed by atoms with Crippen molar-refractivity contribution < 1.29 is 14.3 Å². The number of benzene rings is 1. The first-order chi connectivity index (χ1) is 12.4. The molecule has 0 saturated heterocycles. The Bertz CT molecular complexity index is 713. The van der Waals surface area contributed by atoms with Crippen LogP contribution in [0.25, 0.3) is 0 Å². The SMILES string of the molecule is COc1ccc(C(CC(=O)OCN(C)C(=N)N(C)C)n2ccnc2)cc1. The molecule has 26 heavy (non-hydrogen) atoms. The Balaban J connectivity index is 2.05. The standard InChI is InChI=1S/C18H25N5O3/c1-21(2)18(19)22(3)13-26-17(24)11-16(23-10-9-20-12-23)14-5-7-15(25-4)8-6-14/h5-10,12,16,19H,11,13H2,1-4H3. The molecule has 0 aliphatic rings. The van der Waals surface area contributed by atoms with Gasteiger partial charge in [-0.15, -0.1) is 0 Å². The number of carbonyl (C=O) groups excluding carboxylic acids is 1. The maximum Gasteiger partial charge on any atom is 0.309 e. The van der Waals surface area contributed by atoms with Gasteiger partial charge in [-0.25, -0.2) is 4.98 Å². The third-order valence-corrected chi connectivity index (χ3v) is 3.95. The molecule has 1 N–H and O–H groups in total. The van der Waals surface area contributed by atoms with Crippen LogP contribution in [0.2, 0.25) is 0 Å². The quantitative estimate of drug-likeness (QED) is 0.351. The highest BCUT2D eigenvalue weighted by molar-refractivity contribution is 5.76. The lowest BCUT2D eigenvalue weighted by molar-refractivity contribution is -0.147. The van der Waals surface area contributed by atoms with Crippen molar-refractivity contribution in [3.63, 3.8) is 0 Å². The van der Waals surface area contributed by atoms with Gasteiger partial charge >= 0.3 is 5.97 Å². The summed E-state index contributed by atoms with van der Waals surface area (Å²) in [4.78, 5) is 19.6. The van der Waals surface area contributed by atoms with Crippen molar-refractivity contribution in [3.8, 4) is 5.75 Å². The first-order valence-electron chi connectivity index (χ1n) is 8.16. The van der Waals surface area contributed by atoms with E-state index in [1.807, 2.05) is 35.0 Å². The number of hydrogen-bond acceptors (Lipinski definition) is 5. The van der Waals surface area contributed by atoms with Crippen LogP contribution in [0.1, 0.15) is 18.0 Å². The van der Waals surface area contributed by atoms with Gasteiger partial charge in [0.2, 0.25) is 0 Å². The van der Waals surface area contributed by atoms with Crippen molar-refractivity contribution in [1.29, 1.82) is 5.41 Å². The molecule has 1 heterocycles. The summed E-state index contributed by atoms with van der Waals surface area (Å²) in [6.45, 7) is 0.0229. The molecule has 0 radical (unpaired) electrons. The molecule has 0 fully saturated rings. The van der Waals surface area contributed by atoms with Crippen molar-refractivity contribution in [2.24, 2.45) is 0 Å². The molecule has 1 aromatic carbocycles. The molecule has 1 aromatic heterocycles. The van der Waals surface area contributed by atoms with Gasteiger partial charge in [0.25, 0.3) is 0 Å². The molecule has 0 saturated carbocycles. The van der Waals surface area contributed by atoms with E-state index in [0.29, 0.717) is 0 Å². The summed E-state index contributed by atoms with van der Waals surface area (Å²) >= 11 is 0. The molecule has 8 heteroatoms. The van der Waals surface area contributed by atoms with Gasteiger partial charge in [-0.3, -0.25) is 10.2 Å². The second-order valence-electron chi connectivity index (χ2n) is 6.06. The summed E-state index contributed by atoms with van der Waals surface area (Å²) in [5, 5.41) is 7.86. The summed E-state index contributed by atoms with van der Waals surface area (Å²) in [5.41, 5.74) is 0.954. The number of ether oxygens (including phenoxy) is 2. The Morgan fingerprint density at radius 2 is 1.96 bits per heavy atom. The van der Waals surface area contributed by atoms with Crippen LogP contribution in [0.4, 0.5) is 0 Å². The predicted octanol–water partition coefficient (Wildman–Crippen LogP) is 1.80. The van der Waals surface area contributed by atoms with E-state index >= 15 is 0 Å². The van der Waals surface area contributed by atoms with E-state index in [0.717, 1.165) is 11.3 Å². The molecule has 0 amide bonds. The first-order valence-corrected chi connectivity index (χ1v) is 8.16. The first kappa shape index (κ1) is 19.3. The van der Waals surface area contributed by atoms with Crippen LogP contribution in [0.5, 0.6) is 5.75 Å². The fourth-order valence-electron chi connectivity index (χ4n) is 2.46. The van der Waals surface area contributed by atoms with Crippen LogP contribution in [-0.2, 0) is 9.53 Å². The highest BCUT2D eigenvalue weighted by Crippen LogP contribution is 2.24. The average Bonchev–Trinajstić information content (AvgIpc) is 3.18. The van der Waals surface area contributed by atoms with Crippen LogP contribution in [-0.4, -0.2) is 66.3 Å². The lowest BCUT2D eigenvalue weighted by Crippen LogP contribution is -2.39. The van der Waals surface area contributed by atoms with E-state index in [4.69, 9.17) is 14.9 Å². The average molecular weight is 359 g/mol. The Labute approximate surface area is 153 Å². The van der Waals surface area contributed by atoms with Crippen LogP contribution < -0.4 is 4.74 Å². The third-order valence-electron chi connectivity index (χ3n) is 3.95. The van der Waals surface area contributed by atoms with E-state index in [1.165, 1.54) is 0 Å². The molecule has 140 valence electrons. The van der Waals surface area contributed by atoms with E-state index < -0.39 is 0 Å². The largest absolute Gasteiger partial charge is 0.497 e. The molecule has 0 spiro atoms. The van der Waals surface area contributed by atoms with Gasteiger partial charge in [0.1, 0.15) is 5.75 Å². The zero-order valence-electron chi connectivity index (χ0n) is 15.5. The zero-order chi connectivity index (χ0) is 19.1. The lowest BCUT2D eigenvalue weighted by atomic mass is 10.0. The summed E-state index contributed by atoms with van der Waals surface area (Å²) < 4.78 is 12.4. The fraction of sp³-hybridized carbons (Fsp3) is 0.389.